The second kappa shape index (κ2) is 8.65. The zero-order valence-corrected chi connectivity index (χ0v) is 16.5. The Balaban J connectivity index is 1.48. The Morgan fingerprint density at radius 3 is 2.96 bits per heavy atom. The first-order chi connectivity index (χ1) is 12.1. The fourth-order valence-corrected chi connectivity index (χ4v) is 5.11. The minimum atomic E-state index is 0.0401. The van der Waals surface area contributed by atoms with Crippen molar-refractivity contribution in [1.29, 1.82) is 0 Å². The lowest BCUT2D eigenvalue weighted by atomic mass is 9.89. The van der Waals surface area contributed by atoms with E-state index in [1.54, 1.807) is 0 Å². The summed E-state index contributed by atoms with van der Waals surface area (Å²) < 4.78 is 6.53. The number of piperidine rings is 1. The van der Waals surface area contributed by atoms with Crippen LogP contribution in [0.25, 0.3) is 0 Å². The first kappa shape index (κ1) is 18.9. The number of ether oxygens (including phenoxy) is 1. The Bertz CT molecular complexity index is 544. The van der Waals surface area contributed by atoms with Crippen molar-refractivity contribution < 1.29 is 9.53 Å². The summed E-state index contributed by atoms with van der Waals surface area (Å²) in [7, 11) is 0. The molecule has 3 rings (SSSR count). The summed E-state index contributed by atoms with van der Waals surface area (Å²) in [6.45, 7) is 8.98. The van der Waals surface area contributed by atoms with Crippen LogP contribution in [0.5, 0.6) is 0 Å². The van der Waals surface area contributed by atoms with E-state index >= 15 is 0 Å². The Morgan fingerprint density at radius 1 is 1.40 bits per heavy atom. The van der Waals surface area contributed by atoms with E-state index in [1.165, 1.54) is 24.3 Å². The van der Waals surface area contributed by atoms with Crippen LogP contribution in [0.4, 0.5) is 0 Å². The molecule has 0 N–H and O–H groups in total. The van der Waals surface area contributed by atoms with Gasteiger partial charge in [0.15, 0.2) is 0 Å². The van der Waals surface area contributed by atoms with Gasteiger partial charge in [0.05, 0.1) is 11.7 Å². The molecule has 25 heavy (non-hydrogen) atoms. The van der Waals surface area contributed by atoms with Crippen molar-refractivity contribution in [3.05, 3.63) is 22.4 Å². The van der Waals surface area contributed by atoms with Crippen LogP contribution in [0.3, 0.4) is 0 Å². The van der Waals surface area contributed by atoms with Gasteiger partial charge in [-0.25, -0.2) is 0 Å². The first-order valence-electron chi connectivity index (χ1n) is 9.84. The van der Waals surface area contributed by atoms with E-state index in [4.69, 9.17) is 4.74 Å². The molecule has 4 nitrogen and oxygen atoms in total. The predicted octanol–water partition coefficient (Wildman–Crippen LogP) is 3.91. The zero-order chi connectivity index (χ0) is 17.7. The van der Waals surface area contributed by atoms with Crippen molar-refractivity contribution >= 4 is 17.2 Å². The minimum absolute atomic E-state index is 0.0401. The summed E-state index contributed by atoms with van der Waals surface area (Å²) in [5.74, 6) is 0.275. The Labute approximate surface area is 156 Å². The van der Waals surface area contributed by atoms with Gasteiger partial charge in [0.2, 0.25) is 5.91 Å². The second-order valence-corrected chi connectivity index (χ2v) is 8.49. The fourth-order valence-electron chi connectivity index (χ4n) is 4.37. The predicted molar refractivity (Wildman–Crippen MR) is 103 cm³/mol. The van der Waals surface area contributed by atoms with Gasteiger partial charge >= 0.3 is 0 Å². The molecule has 2 saturated heterocycles. The van der Waals surface area contributed by atoms with Crippen molar-refractivity contribution in [3.63, 3.8) is 0 Å². The monoisotopic (exact) mass is 364 g/mol. The molecule has 2 aliphatic heterocycles. The molecule has 0 aliphatic carbocycles. The van der Waals surface area contributed by atoms with Gasteiger partial charge in [0.1, 0.15) is 0 Å². The first-order valence-corrected chi connectivity index (χ1v) is 10.7. The summed E-state index contributed by atoms with van der Waals surface area (Å²) in [4.78, 5) is 18.1. The maximum atomic E-state index is 12.2. The molecule has 1 amide bonds. The number of hydrogen-bond acceptors (Lipinski definition) is 4. The maximum Gasteiger partial charge on any atom is 0.222 e. The molecule has 140 valence electrons. The highest BCUT2D eigenvalue weighted by atomic mass is 32.1. The number of carbonyl (C=O) groups excluding carboxylic acids is 1. The van der Waals surface area contributed by atoms with E-state index in [0.29, 0.717) is 6.42 Å². The Kier molecular flexibility index (Phi) is 6.53. The molecule has 2 fully saturated rings. The zero-order valence-electron chi connectivity index (χ0n) is 15.7. The molecule has 0 radical (unpaired) electrons. The third-order valence-corrected chi connectivity index (χ3v) is 6.57. The fraction of sp³-hybridized carbons (Fsp3) is 0.750. The summed E-state index contributed by atoms with van der Waals surface area (Å²) >= 11 is 1.84. The quantitative estimate of drug-likeness (QED) is 0.735. The minimum Gasteiger partial charge on any atom is -0.370 e. The SMILES string of the molecule is CCN(CC)C(=O)CC[C@@H]1CC[C@]2(CCCN(Cc3cccs3)C2)O1. The van der Waals surface area contributed by atoms with Crippen molar-refractivity contribution in [1.82, 2.24) is 9.80 Å². The van der Waals surface area contributed by atoms with Gasteiger partial charge in [0, 0.05) is 37.5 Å². The van der Waals surface area contributed by atoms with E-state index in [0.717, 1.165) is 45.4 Å². The number of carbonyl (C=O) groups is 1. The van der Waals surface area contributed by atoms with E-state index in [9.17, 15) is 4.79 Å². The molecule has 1 aromatic rings. The smallest absolute Gasteiger partial charge is 0.222 e. The molecular formula is C20H32N2O2S. The van der Waals surface area contributed by atoms with E-state index in [2.05, 4.69) is 22.4 Å². The molecule has 0 aromatic carbocycles. The third-order valence-electron chi connectivity index (χ3n) is 5.71. The lowest BCUT2D eigenvalue weighted by molar-refractivity contribution is -0.132. The Morgan fingerprint density at radius 2 is 2.24 bits per heavy atom. The van der Waals surface area contributed by atoms with Crippen molar-refractivity contribution in [2.24, 2.45) is 0 Å². The lowest BCUT2D eigenvalue weighted by Gasteiger charge is -2.40. The van der Waals surface area contributed by atoms with Crippen LogP contribution in [-0.2, 0) is 16.1 Å². The van der Waals surface area contributed by atoms with Gasteiger partial charge in [-0.1, -0.05) is 6.07 Å². The molecule has 2 atom stereocenters. The molecule has 1 spiro atoms. The number of nitrogens with zero attached hydrogens (tertiary/aromatic N) is 2. The lowest BCUT2D eigenvalue weighted by Crippen LogP contribution is -2.47. The average Bonchev–Trinajstić information content (AvgIpc) is 3.25. The van der Waals surface area contributed by atoms with Gasteiger partial charge in [-0.2, -0.15) is 0 Å². The van der Waals surface area contributed by atoms with E-state index < -0.39 is 0 Å². The van der Waals surface area contributed by atoms with E-state index in [-0.39, 0.29) is 17.6 Å². The topological polar surface area (TPSA) is 32.8 Å². The molecule has 5 heteroatoms. The number of amides is 1. The number of hydrogen-bond donors (Lipinski definition) is 0. The van der Waals surface area contributed by atoms with Crippen LogP contribution in [0.15, 0.2) is 17.5 Å². The van der Waals surface area contributed by atoms with Crippen LogP contribution >= 0.6 is 11.3 Å². The van der Waals surface area contributed by atoms with Crippen molar-refractivity contribution in [2.45, 2.75) is 70.6 Å². The van der Waals surface area contributed by atoms with Crippen molar-refractivity contribution in [3.8, 4) is 0 Å². The summed E-state index contributed by atoms with van der Waals surface area (Å²) in [6, 6.07) is 4.36. The third kappa shape index (κ3) is 4.83. The van der Waals surface area contributed by atoms with Crippen molar-refractivity contribution in [2.75, 3.05) is 26.2 Å². The largest absolute Gasteiger partial charge is 0.370 e. The molecule has 0 saturated carbocycles. The van der Waals surface area contributed by atoms with Gasteiger partial charge < -0.3 is 9.64 Å². The standard InChI is InChI=1S/C20H32N2O2S/c1-3-22(4-2)19(23)9-8-17-10-12-20(24-17)11-6-13-21(16-20)15-18-7-5-14-25-18/h5,7,14,17H,3-4,6,8-13,15-16H2,1-2H3/t17-,20+/m1/s1. The van der Waals surface area contributed by atoms with Gasteiger partial charge in [-0.3, -0.25) is 9.69 Å². The van der Waals surface area contributed by atoms with E-state index in [1.807, 2.05) is 30.1 Å². The molecule has 0 unspecified atom stereocenters. The summed E-state index contributed by atoms with van der Waals surface area (Å²) in [5.41, 5.74) is 0.0401. The van der Waals surface area contributed by atoms with Gasteiger partial charge in [-0.15, -0.1) is 11.3 Å². The van der Waals surface area contributed by atoms with Gasteiger partial charge in [0.25, 0.3) is 0 Å². The maximum absolute atomic E-state index is 12.2. The number of rotatable bonds is 7. The Hall–Kier alpha value is -0.910. The van der Waals surface area contributed by atoms with Crippen LogP contribution in [0.1, 0.15) is 57.2 Å². The molecule has 2 aliphatic rings. The van der Waals surface area contributed by atoms with Crippen LogP contribution in [0, 0.1) is 0 Å². The highest BCUT2D eigenvalue weighted by molar-refractivity contribution is 7.09. The highest BCUT2D eigenvalue weighted by Gasteiger charge is 2.43. The average molecular weight is 365 g/mol. The van der Waals surface area contributed by atoms with Gasteiger partial charge in [-0.05, 0) is 63.9 Å². The number of likely N-dealkylation sites (tertiary alicyclic amines) is 1. The molecule has 3 heterocycles. The van der Waals surface area contributed by atoms with Crippen LogP contribution < -0.4 is 0 Å². The van der Waals surface area contributed by atoms with Crippen LogP contribution in [-0.4, -0.2) is 53.6 Å². The molecular weight excluding hydrogens is 332 g/mol. The summed E-state index contributed by atoms with van der Waals surface area (Å²) in [6.07, 6.45) is 6.42. The van der Waals surface area contributed by atoms with Crippen LogP contribution in [0.2, 0.25) is 0 Å². The molecule has 1 aromatic heterocycles. The highest BCUT2D eigenvalue weighted by Crippen LogP contribution is 2.39. The molecule has 0 bridgehead atoms. The summed E-state index contributed by atoms with van der Waals surface area (Å²) in [5, 5.41) is 2.16. The number of thiophene rings is 1. The normalized spacial score (nSPS) is 27.0. The second-order valence-electron chi connectivity index (χ2n) is 7.46.